The number of hydrogen-bond donors (Lipinski definition) is 0. The molecule has 7 heteroatoms. The number of ether oxygens (including phenoxy) is 1. The molecule has 0 radical (unpaired) electrons. The second kappa shape index (κ2) is 9.30. The monoisotopic (exact) mass is 425 g/mol. The van der Waals surface area contributed by atoms with E-state index < -0.39 is 0 Å². The highest BCUT2D eigenvalue weighted by molar-refractivity contribution is 6.32. The molecule has 0 bridgehead atoms. The van der Waals surface area contributed by atoms with Crippen LogP contribution in [0.25, 0.3) is 11.5 Å². The van der Waals surface area contributed by atoms with Crippen LogP contribution >= 0.6 is 11.6 Å². The molecule has 1 saturated heterocycles. The average molecular weight is 426 g/mol. The molecule has 3 aromatic rings. The van der Waals surface area contributed by atoms with Gasteiger partial charge in [-0.15, -0.1) is 10.2 Å². The largest absolute Gasteiger partial charge is 0.495 e. The Morgan fingerprint density at radius 3 is 2.63 bits per heavy atom. The van der Waals surface area contributed by atoms with E-state index in [4.69, 9.17) is 20.8 Å². The topological polar surface area (TPSA) is 68.5 Å². The summed E-state index contributed by atoms with van der Waals surface area (Å²) in [5, 5.41) is 8.88. The molecule has 2 heterocycles. The lowest BCUT2D eigenvalue weighted by Gasteiger charge is -2.31. The van der Waals surface area contributed by atoms with Gasteiger partial charge in [-0.3, -0.25) is 4.79 Å². The molecule has 4 rings (SSSR count). The van der Waals surface area contributed by atoms with Crippen LogP contribution in [0.15, 0.2) is 52.9 Å². The van der Waals surface area contributed by atoms with E-state index >= 15 is 0 Å². The van der Waals surface area contributed by atoms with Crippen molar-refractivity contribution in [3.63, 3.8) is 0 Å². The summed E-state index contributed by atoms with van der Waals surface area (Å²) >= 11 is 6.17. The first-order valence-electron chi connectivity index (χ1n) is 10.1. The van der Waals surface area contributed by atoms with Gasteiger partial charge in [0.05, 0.1) is 18.6 Å². The summed E-state index contributed by atoms with van der Waals surface area (Å²) in [6, 6.07) is 15.2. The lowest BCUT2D eigenvalue weighted by Crippen LogP contribution is -2.39. The molecular weight excluding hydrogens is 402 g/mol. The van der Waals surface area contributed by atoms with Crippen molar-refractivity contribution in [3.05, 3.63) is 65.0 Å². The van der Waals surface area contributed by atoms with Crippen LogP contribution in [-0.2, 0) is 17.6 Å². The van der Waals surface area contributed by atoms with Crippen LogP contribution in [0.3, 0.4) is 0 Å². The fourth-order valence-electron chi connectivity index (χ4n) is 3.77. The fraction of sp³-hybridized carbons (Fsp3) is 0.348. The highest BCUT2D eigenvalue weighted by Gasteiger charge is 2.24. The number of carbonyl (C=O) groups excluding carboxylic acids is 1. The second-order valence-corrected chi connectivity index (χ2v) is 7.95. The standard InChI is InChI=1S/C23H24ClN3O3/c1-29-20-8-7-17(13-19(20)24)15-22(28)27-11-9-16(10-12-27)14-21-25-26-23(30-21)18-5-3-2-4-6-18/h2-8,13,16H,9-12,14-15H2,1H3. The number of aromatic nitrogens is 2. The maximum absolute atomic E-state index is 12.7. The molecule has 1 aliphatic rings. The smallest absolute Gasteiger partial charge is 0.247 e. The zero-order valence-electron chi connectivity index (χ0n) is 16.9. The van der Waals surface area contributed by atoms with Gasteiger partial charge in [-0.05, 0) is 48.6 Å². The predicted octanol–water partition coefficient (Wildman–Crippen LogP) is 4.42. The Kier molecular flexibility index (Phi) is 6.33. The highest BCUT2D eigenvalue weighted by atomic mass is 35.5. The number of rotatable bonds is 6. The zero-order valence-corrected chi connectivity index (χ0v) is 17.6. The number of amides is 1. The van der Waals surface area contributed by atoms with Gasteiger partial charge in [-0.1, -0.05) is 35.9 Å². The van der Waals surface area contributed by atoms with Gasteiger partial charge in [0.25, 0.3) is 0 Å². The molecule has 0 saturated carbocycles. The third kappa shape index (κ3) is 4.82. The number of carbonyl (C=O) groups is 1. The Balaban J connectivity index is 1.28. The van der Waals surface area contributed by atoms with Crippen molar-refractivity contribution in [2.45, 2.75) is 25.7 Å². The summed E-state index contributed by atoms with van der Waals surface area (Å²) in [5.74, 6) is 2.39. The first kappa shape index (κ1) is 20.4. The van der Waals surface area contributed by atoms with Gasteiger partial charge >= 0.3 is 0 Å². The third-order valence-electron chi connectivity index (χ3n) is 5.49. The minimum absolute atomic E-state index is 0.124. The van der Waals surface area contributed by atoms with Gasteiger partial charge in [-0.2, -0.15) is 0 Å². The van der Waals surface area contributed by atoms with Crippen molar-refractivity contribution in [2.24, 2.45) is 5.92 Å². The van der Waals surface area contributed by atoms with Crippen molar-refractivity contribution in [1.29, 1.82) is 0 Å². The highest BCUT2D eigenvalue weighted by Crippen LogP contribution is 2.27. The molecule has 1 aliphatic heterocycles. The Labute approximate surface area is 180 Å². The van der Waals surface area contributed by atoms with Crippen molar-refractivity contribution in [3.8, 4) is 17.2 Å². The Morgan fingerprint density at radius 2 is 1.93 bits per heavy atom. The first-order valence-corrected chi connectivity index (χ1v) is 10.5. The number of piperidine rings is 1. The van der Waals surface area contributed by atoms with Crippen LogP contribution in [0.4, 0.5) is 0 Å². The van der Waals surface area contributed by atoms with E-state index in [1.54, 1.807) is 19.2 Å². The number of methoxy groups -OCH3 is 1. The molecule has 156 valence electrons. The minimum atomic E-state index is 0.124. The summed E-state index contributed by atoms with van der Waals surface area (Å²) in [6.45, 7) is 1.49. The number of halogens is 1. The van der Waals surface area contributed by atoms with Gasteiger partial charge in [0.2, 0.25) is 17.7 Å². The quantitative estimate of drug-likeness (QED) is 0.584. The van der Waals surface area contributed by atoms with Crippen LogP contribution < -0.4 is 4.74 Å². The molecule has 1 aromatic heterocycles. The van der Waals surface area contributed by atoms with E-state index in [9.17, 15) is 4.79 Å². The average Bonchev–Trinajstić information content (AvgIpc) is 3.23. The lowest BCUT2D eigenvalue weighted by molar-refractivity contribution is -0.131. The molecule has 6 nitrogen and oxygen atoms in total. The Hall–Kier alpha value is -2.86. The van der Waals surface area contributed by atoms with Gasteiger partial charge < -0.3 is 14.1 Å². The molecule has 0 spiro atoms. The molecule has 0 N–H and O–H groups in total. The molecule has 30 heavy (non-hydrogen) atoms. The first-order chi connectivity index (χ1) is 14.6. The van der Waals surface area contributed by atoms with Gasteiger partial charge in [-0.25, -0.2) is 0 Å². The molecule has 1 fully saturated rings. The van der Waals surface area contributed by atoms with Crippen LogP contribution in [0.2, 0.25) is 5.02 Å². The van der Waals surface area contributed by atoms with Crippen molar-refractivity contribution in [2.75, 3.05) is 20.2 Å². The van der Waals surface area contributed by atoms with Crippen molar-refractivity contribution in [1.82, 2.24) is 15.1 Å². The van der Waals surface area contributed by atoms with E-state index in [-0.39, 0.29) is 5.91 Å². The maximum Gasteiger partial charge on any atom is 0.247 e. The Morgan fingerprint density at radius 1 is 1.17 bits per heavy atom. The van der Waals surface area contributed by atoms with E-state index in [1.165, 1.54) is 0 Å². The molecule has 2 aromatic carbocycles. The number of hydrogen-bond acceptors (Lipinski definition) is 5. The molecular formula is C23H24ClN3O3. The lowest BCUT2D eigenvalue weighted by atomic mass is 9.93. The van der Waals surface area contributed by atoms with Crippen LogP contribution in [0, 0.1) is 5.92 Å². The van der Waals surface area contributed by atoms with E-state index in [1.807, 2.05) is 41.3 Å². The SMILES string of the molecule is COc1ccc(CC(=O)N2CCC(Cc3nnc(-c4ccccc4)o3)CC2)cc1Cl. The maximum atomic E-state index is 12.7. The third-order valence-corrected chi connectivity index (χ3v) is 5.79. The molecule has 0 atom stereocenters. The summed E-state index contributed by atoms with van der Waals surface area (Å²) in [7, 11) is 1.58. The van der Waals surface area contributed by atoms with Gasteiger partial charge in [0, 0.05) is 25.1 Å². The van der Waals surface area contributed by atoms with E-state index in [2.05, 4.69) is 10.2 Å². The van der Waals surface area contributed by atoms with Crippen molar-refractivity contribution >= 4 is 17.5 Å². The second-order valence-electron chi connectivity index (χ2n) is 7.54. The number of likely N-dealkylation sites (tertiary alicyclic amines) is 1. The molecule has 0 aliphatic carbocycles. The summed E-state index contributed by atoms with van der Waals surface area (Å²) in [4.78, 5) is 14.6. The van der Waals surface area contributed by atoms with Crippen molar-refractivity contribution < 1.29 is 13.9 Å². The minimum Gasteiger partial charge on any atom is -0.495 e. The molecule has 0 unspecified atom stereocenters. The van der Waals surface area contributed by atoms with Gasteiger partial charge in [0.15, 0.2) is 0 Å². The summed E-state index contributed by atoms with van der Waals surface area (Å²) < 4.78 is 11.0. The normalized spacial score (nSPS) is 14.7. The van der Waals surface area contributed by atoms with Crippen LogP contribution in [0.5, 0.6) is 5.75 Å². The number of nitrogens with zero attached hydrogens (tertiary/aromatic N) is 3. The number of benzene rings is 2. The zero-order chi connectivity index (χ0) is 20.9. The molecule has 1 amide bonds. The summed E-state index contributed by atoms with van der Waals surface area (Å²) in [6.07, 6.45) is 2.95. The van der Waals surface area contributed by atoms with E-state index in [0.717, 1.165) is 43.5 Å². The summed E-state index contributed by atoms with van der Waals surface area (Å²) in [5.41, 5.74) is 1.82. The predicted molar refractivity (Wildman–Crippen MR) is 114 cm³/mol. The van der Waals surface area contributed by atoms with Crippen LogP contribution in [0.1, 0.15) is 24.3 Å². The van der Waals surface area contributed by atoms with E-state index in [0.29, 0.717) is 34.9 Å². The van der Waals surface area contributed by atoms with Crippen LogP contribution in [-0.4, -0.2) is 41.2 Å². The fourth-order valence-corrected chi connectivity index (χ4v) is 4.05. The Bertz CT molecular complexity index is 998. The van der Waals surface area contributed by atoms with Gasteiger partial charge in [0.1, 0.15) is 5.75 Å².